The molecular formula is C20H20N4O3S. The Morgan fingerprint density at radius 2 is 2.11 bits per heavy atom. The van der Waals surface area contributed by atoms with Gasteiger partial charge in [-0.1, -0.05) is 0 Å². The third-order valence-electron chi connectivity index (χ3n) is 5.51. The highest BCUT2D eigenvalue weighted by atomic mass is 32.1. The Morgan fingerprint density at radius 1 is 1.21 bits per heavy atom. The van der Waals surface area contributed by atoms with E-state index in [2.05, 4.69) is 15.4 Å². The van der Waals surface area contributed by atoms with Gasteiger partial charge in [0, 0.05) is 11.6 Å². The molecule has 3 aromatic rings. The molecule has 2 aliphatic rings. The van der Waals surface area contributed by atoms with Crippen molar-refractivity contribution in [1.29, 1.82) is 0 Å². The van der Waals surface area contributed by atoms with Crippen LogP contribution in [0.15, 0.2) is 34.6 Å². The van der Waals surface area contributed by atoms with E-state index < -0.39 is 0 Å². The summed E-state index contributed by atoms with van der Waals surface area (Å²) in [6.45, 7) is 0.731. The summed E-state index contributed by atoms with van der Waals surface area (Å²) in [7, 11) is 0. The maximum atomic E-state index is 12.8. The molecule has 1 N–H and O–H groups in total. The van der Waals surface area contributed by atoms with Crippen molar-refractivity contribution in [1.82, 2.24) is 20.1 Å². The first-order valence-corrected chi connectivity index (χ1v) is 10.4. The first-order chi connectivity index (χ1) is 13.7. The van der Waals surface area contributed by atoms with Crippen LogP contribution in [0.5, 0.6) is 0 Å². The molecule has 5 rings (SSSR count). The predicted molar refractivity (Wildman–Crippen MR) is 106 cm³/mol. The Bertz CT molecular complexity index is 1110. The summed E-state index contributed by atoms with van der Waals surface area (Å²) in [5.41, 5.74) is 5.16. The zero-order valence-corrected chi connectivity index (χ0v) is 16.1. The highest BCUT2D eigenvalue weighted by molar-refractivity contribution is 7.16. The summed E-state index contributed by atoms with van der Waals surface area (Å²) in [4.78, 5) is 29.6. The molecule has 28 heavy (non-hydrogen) atoms. The zero-order valence-electron chi connectivity index (χ0n) is 15.3. The monoisotopic (exact) mass is 396 g/mol. The van der Waals surface area contributed by atoms with Crippen LogP contribution in [0.1, 0.15) is 40.5 Å². The molecule has 1 aliphatic heterocycles. The number of nitrogens with zero attached hydrogens (tertiary/aromatic N) is 3. The smallest absolute Gasteiger partial charge is 0.267 e. The van der Waals surface area contributed by atoms with Crippen molar-refractivity contribution in [3.8, 4) is 0 Å². The van der Waals surface area contributed by atoms with Crippen molar-refractivity contribution < 1.29 is 9.53 Å². The molecule has 2 atom stereocenters. The molecular weight excluding hydrogens is 376 g/mol. The highest BCUT2D eigenvalue weighted by Gasteiger charge is 2.33. The van der Waals surface area contributed by atoms with Crippen molar-refractivity contribution in [3.05, 3.63) is 57.0 Å². The number of carbonyl (C=O) groups excluding carboxylic acids is 1. The Labute approximate surface area is 165 Å². The molecule has 7 nitrogen and oxygen atoms in total. The van der Waals surface area contributed by atoms with Crippen molar-refractivity contribution in [2.45, 2.75) is 37.8 Å². The second kappa shape index (κ2) is 7.10. The lowest BCUT2D eigenvalue weighted by molar-refractivity contribution is 0.0924. The summed E-state index contributed by atoms with van der Waals surface area (Å²) >= 11 is 1.50. The Kier molecular flexibility index (Phi) is 4.44. The van der Waals surface area contributed by atoms with Gasteiger partial charge < -0.3 is 10.1 Å². The average molecular weight is 396 g/mol. The SMILES string of the molecule is O=C(NC1COCC1n1nc2c(cc1=O)CCCC2)c1ccc2ncsc2c1. The molecule has 1 aromatic carbocycles. The lowest BCUT2D eigenvalue weighted by atomic mass is 9.97. The van der Waals surface area contributed by atoms with E-state index in [0.29, 0.717) is 18.8 Å². The van der Waals surface area contributed by atoms with Crippen molar-refractivity contribution in [3.63, 3.8) is 0 Å². The lowest BCUT2D eigenvalue weighted by Gasteiger charge is -2.23. The van der Waals surface area contributed by atoms with Crippen LogP contribution < -0.4 is 10.9 Å². The van der Waals surface area contributed by atoms with Crippen LogP contribution in [0.3, 0.4) is 0 Å². The molecule has 2 unspecified atom stereocenters. The quantitative estimate of drug-likeness (QED) is 0.733. The summed E-state index contributed by atoms with van der Waals surface area (Å²) in [6.07, 6.45) is 4.02. The molecule has 0 saturated carbocycles. The van der Waals surface area contributed by atoms with Gasteiger partial charge in [-0.25, -0.2) is 9.67 Å². The molecule has 8 heteroatoms. The minimum absolute atomic E-state index is 0.124. The van der Waals surface area contributed by atoms with Gasteiger partial charge in [-0.05, 0) is 49.4 Å². The average Bonchev–Trinajstić information content (AvgIpc) is 3.36. The minimum Gasteiger partial charge on any atom is -0.377 e. The number of thiazole rings is 1. The first-order valence-electron chi connectivity index (χ1n) is 9.52. The van der Waals surface area contributed by atoms with Crippen molar-refractivity contribution >= 4 is 27.5 Å². The number of carbonyl (C=O) groups is 1. The Morgan fingerprint density at radius 3 is 3.04 bits per heavy atom. The molecule has 0 spiro atoms. The molecule has 1 aliphatic carbocycles. The third-order valence-corrected chi connectivity index (χ3v) is 6.30. The molecule has 0 radical (unpaired) electrons. The number of amides is 1. The molecule has 1 fully saturated rings. The van der Waals surface area contributed by atoms with Crippen LogP contribution in [-0.2, 0) is 17.6 Å². The van der Waals surface area contributed by atoms with E-state index in [0.717, 1.165) is 47.2 Å². The molecule has 1 amide bonds. The zero-order chi connectivity index (χ0) is 19.1. The number of benzene rings is 1. The van der Waals surface area contributed by atoms with E-state index in [1.54, 1.807) is 17.6 Å². The van der Waals surface area contributed by atoms with E-state index in [9.17, 15) is 9.59 Å². The summed E-state index contributed by atoms with van der Waals surface area (Å²) < 4.78 is 8.08. The van der Waals surface area contributed by atoms with Crippen molar-refractivity contribution in [2.24, 2.45) is 0 Å². The Balaban J connectivity index is 1.39. The van der Waals surface area contributed by atoms with Crippen LogP contribution in [-0.4, -0.2) is 39.9 Å². The van der Waals surface area contributed by atoms with Gasteiger partial charge in [0.15, 0.2) is 0 Å². The van der Waals surface area contributed by atoms with Gasteiger partial charge in [-0.15, -0.1) is 11.3 Å². The standard InChI is InChI=1S/C20H20N4O3S/c25-19-8-12-3-1-2-4-14(12)23-24(19)17-10-27-9-16(17)22-20(26)13-5-6-15-18(7-13)28-11-21-15/h5-8,11,16-17H,1-4,9-10H2,(H,22,26). The van der Waals surface area contributed by atoms with E-state index in [-0.39, 0.29) is 23.6 Å². The number of fused-ring (bicyclic) bond motifs is 2. The Hall–Kier alpha value is -2.58. The van der Waals surface area contributed by atoms with Gasteiger partial charge in [0.05, 0.1) is 40.7 Å². The number of rotatable bonds is 3. The summed E-state index contributed by atoms with van der Waals surface area (Å²) in [5, 5.41) is 7.65. The van der Waals surface area contributed by atoms with Gasteiger partial charge in [0.1, 0.15) is 6.04 Å². The van der Waals surface area contributed by atoms with Gasteiger partial charge in [0.25, 0.3) is 11.5 Å². The molecule has 2 aromatic heterocycles. The number of nitrogens with one attached hydrogen (secondary N) is 1. The first kappa shape index (κ1) is 17.5. The molecule has 144 valence electrons. The topological polar surface area (TPSA) is 86.1 Å². The minimum atomic E-state index is -0.296. The van der Waals surface area contributed by atoms with Gasteiger partial charge in [0.2, 0.25) is 0 Å². The van der Waals surface area contributed by atoms with Crippen LogP contribution in [0.4, 0.5) is 0 Å². The fourth-order valence-electron chi connectivity index (χ4n) is 3.98. The van der Waals surface area contributed by atoms with Gasteiger partial charge >= 0.3 is 0 Å². The van der Waals surface area contributed by atoms with E-state index >= 15 is 0 Å². The lowest BCUT2D eigenvalue weighted by Crippen LogP contribution is -2.44. The highest BCUT2D eigenvalue weighted by Crippen LogP contribution is 2.23. The normalized spacial score (nSPS) is 21.6. The van der Waals surface area contributed by atoms with Crippen molar-refractivity contribution in [2.75, 3.05) is 13.2 Å². The van der Waals surface area contributed by atoms with Crippen LogP contribution in [0.25, 0.3) is 10.2 Å². The van der Waals surface area contributed by atoms with Gasteiger partial charge in [-0.2, -0.15) is 5.10 Å². The fourth-order valence-corrected chi connectivity index (χ4v) is 4.70. The maximum absolute atomic E-state index is 12.8. The molecule has 1 saturated heterocycles. The van der Waals surface area contributed by atoms with E-state index in [4.69, 9.17) is 4.74 Å². The third kappa shape index (κ3) is 3.12. The second-order valence-corrected chi connectivity index (χ2v) is 8.21. The number of aryl methyl sites for hydroxylation is 2. The second-order valence-electron chi connectivity index (χ2n) is 7.33. The summed E-state index contributed by atoms with van der Waals surface area (Å²) in [5.74, 6) is -0.179. The molecule has 0 bridgehead atoms. The summed E-state index contributed by atoms with van der Waals surface area (Å²) in [6, 6.07) is 6.57. The number of ether oxygens (including phenoxy) is 1. The van der Waals surface area contributed by atoms with Crippen LogP contribution in [0.2, 0.25) is 0 Å². The fraction of sp³-hybridized carbons (Fsp3) is 0.400. The van der Waals surface area contributed by atoms with Gasteiger partial charge in [-0.3, -0.25) is 9.59 Å². The number of hydrogen-bond donors (Lipinski definition) is 1. The van der Waals surface area contributed by atoms with Crippen LogP contribution >= 0.6 is 11.3 Å². The van der Waals surface area contributed by atoms with E-state index in [1.165, 1.54) is 16.0 Å². The van der Waals surface area contributed by atoms with E-state index in [1.807, 2.05) is 12.1 Å². The number of hydrogen-bond acceptors (Lipinski definition) is 6. The predicted octanol–water partition coefficient (Wildman–Crippen LogP) is 2.10. The van der Waals surface area contributed by atoms with Crippen LogP contribution in [0, 0.1) is 0 Å². The largest absolute Gasteiger partial charge is 0.377 e. The number of aromatic nitrogens is 3. The molecule has 3 heterocycles. The maximum Gasteiger partial charge on any atom is 0.267 e.